The Hall–Kier alpha value is -2.49. The summed E-state index contributed by atoms with van der Waals surface area (Å²) in [5.41, 5.74) is 0.937. The number of ether oxygens (including phenoxy) is 1. The number of aliphatic carboxylic acids is 1. The first-order valence-electron chi connectivity index (χ1n) is 11.4. The van der Waals surface area contributed by atoms with Gasteiger partial charge < -0.3 is 30.3 Å². The monoisotopic (exact) mass is 464 g/mol. The zero-order chi connectivity index (χ0) is 24.8. The second-order valence-corrected chi connectivity index (χ2v) is 9.24. The first-order chi connectivity index (χ1) is 15.5. The van der Waals surface area contributed by atoms with Crippen LogP contribution >= 0.6 is 0 Å². The topological polar surface area (TPSA) is 136 Å². The second kappa shape index (κ2) is 11.6. The fourth-order valence-electron chi connectivity index (χ4n) is 4.34. The molecule has 1 aliphatic heterocycles. The van der Waals surface area contributed by atoms with E-state index in [4.69, 9.17) is 4.74 Å². The largest absolute Gasteiger partial charge is 0.480 e. The molecule has 1 amide bonds. The molecule has 1 aromatic rings. The number of aliphatic hydroxyl groups is 2. The molecule has 9 nitrogen and oxygen atoms in total. The molecule has 0 spiro atoms. The first kappa shape index (κ1) is 26.8. The zero-order valence-electron chi connectivity index (χ0n) is 19.8. The number of nitrogens with zero attached hydrogens (tertiary/aromatic N) is 1. The summed E-state index contributed by atoms with van der Waals surface area (Å²) in [6.45, 7) is 7.21. The van der Waals surface area contributed by atoms with Gasteiger partial charge in [0.15, 0.2) is 12.2 Å². The number of hydrogen-bond donors (Lipinski definition) is 4. The standard InChI is InChI=1S/C24H36N2O7/c1-5-24(11-6-7-12-26(4)14-24)16-9-8-10-17(13-16)33-23(32)20(28)19(27)21(29)25-18(15(2)3)22(30)31/h8-10,13,15,18-20,27-28H,5-7,11-12,14H2,1-4H3,(H,25,29)(H,30,31)/t18?,19-,20-,24?/m1/s1. The van der Waals surface area contributed by atoms with E-state index >= 15 is 0 Å². The van der Waals surface area contributed by atoms with E-state index in [9.17, 15) is 29.7 Å². The van der Waals surface area contributed by atoms with E-state index in [1.807, 2.05) is 6.07 Å². The second-order valence-electron chi connectivity index (χ2n) is 9.24. The van der Waals surface area contributed by atoms with Crippen LogP contribution in [0.3, 0.4) is 0 Å². The normalized spacial score (nSPS) is 22.2. The Morgan fingerprint density at radius 1 is 1.18 bits per heavy atom. The molecule has 4 atom stereocenters. The van der Waals surface area contributed by atoms with Crippen LogP contribution in [0.25, 0.3) is 0 Å². The predicted octanol–water partition coefficient (Wildman–Crippen LogP) is 1.30. The predicted molar refractivity (Wildman–Crippen MR) is 122 cm³/mol. The van der Waals surface area contributed by atoms with E-state index in [-0.39, 0.29) is 11.2 Å². The quantitative estimate of drug-likeness (QED) is 0.317. The van der Waals surface area contributed by atoms with Crippen molar-refractivity contribution in [2.45, 2.75) is 70.1 Å². The molecule has 1 heterocycles. The van der Waals surface area contributed by atoms with Crippen molar-refractivity contribution in [3.63, 3.8) is 0 Å². The number of nitrogens with one attached hydrogen (secondary N) is 1. The number of benzene rings is 1. The van der Waals surface area contributed by atoms with Crippen LogP contribution in [0.15, 0.2) is 24.3 Å². The minimum absolute atomic E-state index is 0.0889. The fourth-order valence-corrected chi connectivity index (χ4v) is 4.34. The van der Waals surface area contributed by atoms with Crippen LogP contribution in [-0.2, 0) is 19.8 Å². The number of rotatable bonds is 9. The Morgan fingerprint density at radius 3 is 2.48 bits per heavy atom. The highest BCUT2D eigenvalue weighted by Gasteiger charge is 2.36. The number of carbonyl (C=O) groups is 3. The van der Waals surface area contributed by atoms with Crippen LogP contribution in [0.1, 0.15) is 52.0 Å². The molecule has 0 aliphatic carbocycles. The SMILES string of the molecule is CCC1(c2cccc(OC(=O)[C@H](O)[C@@H](O)C(=O)NC(C(=O)O)C(C)C)c2)CCCCN(C)C1. The molecular weight excluding hydrogens is 428 g/mol. The smallest absolute Gasteiger partial charge is 0.343 e. The number of hydrogen-bond acceptors (Lipinski definition) is 7. The molecule has 0 aromatic heterocycles. The summed E-state index contributed by atoms with van der Waals surface area (Å²) in [7, 11) is 2.09. The molecule has 0 bridgehead atoms. The van der Waals surface area contributed by atoms with E-state index in [2.05, 4.69) is 24.2 Å². The molecule has 9 heteroatoms. The maximum atomic E-state index is 12.4. The molecule has 1 saturated heterocycles. The molecule has 2 rings (SSSR count). The lowest BCUT2D eigenvalue weighted by molar-refractivity contribution is -0.157. The fraction of sp³-hybridized carbons (Fsp3) is 0.625. The van der Waals surface area contributed by atoms with Gasteiger partial charge in [0.25, 0.3) is 5.91 Å². The third-order valence-corrected chi connectivity index (χ3v) is 6.40. The summed E-state index contributed by atoms with van der Waals surface area (Å²) >= 11 is 0. The summed E-state index contributed by atoms with van der Waals surface area (Å²) in [6.07, 6.45) is -0.197. The lowest BCUT2D eigenvalue weighted by atomic mass is 9.74. The Kier molecular flexibility index (Phi) is 9.39. The third kappa shape index (κ3) is 6.75. The van der Waals surface area contributed by atoms with E-state index in [1.54, 1.807) is 32.0 Å². The van der Waals surface area contributed by atoms with Crippen molar-refractivity contribution < 1.29 is 34.4 Å². The van der Waals surface area contributed by atoms with Gasteiger partial charge >= 0.3 is 11.9 Å². The van der Waals surface area contributed by atoms with Crippen LogP contribution in [0, 0.1) is 5.92 Å². The van der Waals surface area contributed by atoms with Gasteiger partial charge in [-0.05, 0) is 56.5 Å². The molecule has 0 radical (unpaired) electrons. The summed E-state index contributed by atoms with van der Waals surface area (Å²) < 4.78 is 5.27. The summed E-state index contributed by atoms with van der Waals surface area (Å²) in [6, 6.07) is 5.84. The number of aliphatic hydroxyl groups excluding tert-OH is 2. The van der Waals surface area contributed by atoms with Crippen LogP contribution in [0.5, 0.6) is 5.75 Å². The van der Waals surface area contributed by atoms with Gasteiger partial charge in [0.2, 0.25) is 0 Å². The van der Waals surface area contributed by atoms with Gasteiger partial charge in [0.05, 0.1) is 0 Å². The van der Waals surface area contributed by atoms with Gasteiger partial charge in [-0.2, -0.15) is 0 Å². The van der Waals surface area contributed by atoms with E-state index in [1.165, 1.54) is 0 Å². The summed E-state index contributed by atoms with van der Waals surface area (Å²) in [4.78, 5) is 38.1. The number of esters is 1. The molecule has 4 N–H and O–H groups in total. The van der Waals surface area contributed by atoms with Crippen molar-refractivity contribution in [3.05, 3.63) is 29.8 Å². The van der Waals surface area contributed by atoms with Crippen molar-refractivity contribution in [1.29, 1.82) is 0 Å². The number of carboxylic acid groups (broad SMARTS) is 1. The summed E-state index contributed by atoms with van der Waals surface area (Å²) in [5, 5.41) is 31.5. The molecule has 33 heavy (non-hydrogen) atoms. The Morgan fingerprint density at radius 2 is 1.88 bits per heavy atom. The minimum Gasteiger partial charge on any atom is -0.480 e. The molecular formula is C24H36N2O7. The van der Waals surface area contributed by atoms with Gasteiger partial charge in [-0.15, -0.1) is 0 Å². The van der Waals surface area contributed by atoms with E-state index < -0.39 is 42.0 Å². The minimum atomic E-state index is -2.17. The number of carboxylic acids is 1. The van der Waals surface area contributed by atoms with Crippen molar-refractivity contribution >= 4 is 17.8 Å². The third-order valence-electron chi connectivity index (χ3n) is 6.40. The van der Waals surface area contributed by atoms with Crippen molar-refractivity contribution in [1.82, 2.24) is 10.2 Å². The lowest BCUT2D eigenvalue weighted by Gasteiger charge is -2.35. The molecule has 184 valence electrons. The maximum Gasteiger partial charge on any atom is 0.343 e. The van der Waals surface area contributed by atoms with E-state index in [0.717, 1.165) is 44.3 Å². The van der Waals surface area contributed by atoms with Gasteiger partial charge in [-0.1, -0.05) is 39.3 Å². The van der Waals surface area contributed by atoms with Crippen LogP contribution in [0.2, 0.25) is 0 Å². The summed E-state index contributed by atoms with van der Waals surface area (Å²) in [5.74, 6) is -3.90. The molecule has 2 unspecified atom stereocenters. The van der Waals surface area contributed by atoms with Crippen molar-refractivity contribution in [2.24, 2.45) is 5.92 Å². The highest BCUT2D eigenvalue weighted by Crippen LogP contribution is 2.37. The Labute approximate surface area is 194 Å². The van der Waals surface area contributed by atoms with Gasteiger partial charge in [-0.25, -0.2) is 9.59 Å². The molecule has 1 aliphatic rings. The van der Waals surface area contributed by atoms with Crippen LogP contribution < -0.4 is 10.1 Å². The van der Waals surface area contributed by atoms with Crippen LogP contribution in [-0.4, -0.2) is 76.5 Å². The van der Waals surface area contributed by atoms with Gasteiger partial charge in [0, 0.05) is 12.0 Å². The zero-order valence-corrected chi connectivity index (χ0v) is 19.8. The van der Waals surface area contributed by atoms with Gasteiger partial charge in [-0.3, -0.25) is 4.79 Å². The average molecular weight is 465 g/mol. The number of likely N-dealkylation sites (N-methyl/N-ethyl adjacent to an activating group) is 1. The van der Waals surface area contributed by atoms with Crippen molar-refractivity contribution in [3.8, 4) is 5.75 Å². The molecule has 0 saturated carbocycles. The average Bonchev–Trinajstić information content (AvgIpc) is 2.97. The lowest BCUT2D eigenvalue weighted by Crippen LogP contribution is -2.53. The van der Waals surface area contributed by atoms with Gasteiger partial charge in [0.1, 0.15) is 11.8 Å². The van der Waals surface area contributed by atoms with Crippen molar-refractivity contribution in [2.75, 3.05) is 20.1 Å². The maximum absolute atomic E-state index is 12.4. The van der Waals surface area contributed by atoms with E-state index in [0.29, 0.717) is 0 Å². The Bertz CT molecular complexity index is 844. The first-order valence-corrected chi connectivity index (χ1v) is 11.4. The Balaban J connectivity index is 2.12. The van der Waals surface area contributed by atoms with Crippen LogP contribution in [0.4, 0.5) is 0 Å². The highest BCUT2D eigenvalue weighted by atomic mass is 16.6. The molecule has 1 aromatic carbocycles. The highest BCUT2D eigenvalue weighted by molar-refractivity contribution is 5.91. The number of carbonyl (C=O) groups excluding carboxylic acids is 2. The number of likely N-dealkylation sites (tertiary alicyclic amines) is 1. The molecule has 1 fully saturated rings. The number of amides is 1.